The molecule has 1 aliphatic rings. The van der Waals surface area contributed by atoms with Crippen molar-refractivity contribution in [2.75, 3.05) is 24.3 Å². The number of rotatable bonds is 7. The molecule has 0 unspecified atom stereocenters. The van der Waals surface area contributed by atoms with Crippen LogP contribution in [0.3, 0.4) is 0 Å². The first kappa shape index (κ1) is 23.6. The highest BCUT2D eigenvalue weighted by molar-refractivity contribution is 7.92. The van der Waals surface area contributed by atoms with Gasteiger partial charge in [0.15, 0.2) is 5.60 Å². The van der Waals surface area contributed by atoms with Crippen LogP contribution < -0.4 is 20.1 Å². The van der Waals surface area contributed by atoms with Gasteiger partial charge in [-0.15, -0.1) is 0 Å². The predicted octanol–water partition coefficient (Wildman–Crippen LogP) is 3.34. The second-order valence-corrected chi connectivity index (χ2v) is 9.26. The number of hydrogen-bond acceptors (Lipinski definition) is 4. The number of alkyl halides is 2. The first-order chi connectivity index (χ1) is 15.0. The van der Waals surface area contributed by atoms with Gasteiger partial charge in [0.05, 0.1) is 18.0 Å². The molecule has 0 bridgehead atoms. The van der Waals surface area contributed by atoms with Crippen molar-refractivity contribution in [3.8, 4) is 5.75 Å². The van der Waals surface area contributed by atoms with Crippen LogP contribution in [0.2, 0.25) is 0 Å². The average molecular weight is 475 g/mol. The summed E-state index contributed by atoms with van der Waals surface area (Å²) in [7, 11) is -3.65. The summed E-state index contributed by atoms with van der Waals surface area (Å²) in [5.74, 6) is -1.55. The van der Waals surface area contributed by atoms with E-state index in [0.717, 1.165) is 24.5 Å². The molecule has 0 aromatic heterocycles. The number of hydrogen-bond donors (Lipinski definition) is 3. The van der Waals surface area contributed by atoms with E-state index in [2.05, 4.69) is 10.6 Å². The number of halogens is 4. The molecule has 2 amide bonds. The maximum atomic E-state index is 14.1. The van der Waals surface area contributed by atoms with E-state index < -0.39 is 52.7 Å². The molecule has 12 heteroatoms. The number of sulfonamides is 1. The van der Waals surface area contributed by atoms with Crippen molar-refractivity contribution in [1.29, 1.82) is 0 Å². The van der Waals surface area contributed by atoms with Crippen LogP contribution in [0, 0.1) is 11.6 Å². The molecule has 2 aromatic carbocycles. The Kier molecular flexibility index (Phi) is 6.82. The molecule has 0 spiro atoms. The Hall–Kier alpha value is -3.02. The van der Waals surface area contributed by atoms with Gasteiger partial charge in [-0.25, -0.2) is 30.8 Å². The first-order valence-electron chi connectivity index (χ1n) is 9.45. The normalized spacial score (nSPS) is 17.1. The van der Waals surface area contributed by atoms with Crippen molar-refractivity contribution in [2.24, 2.45) is 0 Å². The summed E-state index contributed by atoms with van der Waals surface area (Å²) >= 11 is 0. The van der Waals surface area contributed by atoms with Crippen molar-refractivity contribution in [3.63, 3.8) is 0 Å². The average Bonchev–Trinajstić information content (AvgIpc) is 2.72. The van der Waals surface area contributed by atoms with E-state index in [9.17, 15) is 30.8 Å². The van der Waals surface area contributed by atoms with Gasteiger partial charge in [0, 0.05) is 24.6 Å². The summed E-state index contributed by atoms with van der Waals surface area (Å²) in [5.41, 5.74) is -1.38. The summed E-state index contributed by atoms with van der Waals surface area (Å²) in [6, 6.07) is 5.61. The Morgan fingerprint density at radius 1 is 1.16 bits per heavy atom. The fraction of sp³-hybridized carbons (Fsp3) is 0.350. The van der Waals surface area contributed by atoms with Gasteiger partial charge in [-0.2, -0.15) is 0 Å². The SMILES string of the molecule is CS(=O)(=O)Nc1ccc(CNC(=O)N[C@@H]2CC(CF)(CF)Oc3cc(F)ccc32)cc1F. The van der Waals surface area contributed by atoms with Crippen LogP contribution in [0.1, 0.15) is 23.6 Å². The van der Waals surface area contributed by atoms with E-state index in [1.54, 1.807) is 0 Å². The van der Waals surface area contributed by atoms with Crippen molar-refractivity contribution < 1.29 is 35.5 Å². The van der Waals surface area contributed by atoms with Gasteiger partial charge in [0.25, 0.3) is 0 Å². The van der Waals surface area contributed by atoms with Crippen LogP contribution in [0.5, 0.6) is 5.75 Å². The van der Waals surface area contributed by atoms with E-state index >= 15 is 0 Å². The molecule has 0 saturated carbocycles. The molecule has 7 nitrogen and oxygen atoms in total. The molecular formula is C20H21F4N3O4S. The van der Waals surface area contributed by atoms with Crippen LogP contribution in [-0.2, 0) is 16.6 Å². The summed E-state index contributed by atoms with van der Waals surface area (Å²) in [6.07, 6.45) is 0.669. The van der Waals surface area contributed by atoms with E-state index in [1.807, 2.05) is 4.72 Å². The van der Waals surface area contributed by atoms with Crippen molar-refractivity contribution in [3.05, 3.63) is 59.2 Å². The van der Waals surface area contributed by atoms with E-state index in [4.69, 9.17) is 4.74 Å². The minimum absolute atomic E-state index is 0.0621. The fourth-order valence-corrected chi connectivity index (χ4v) is 3.88. The Balaban J connectivity index is 1.69. The van der Waals surface area contributed by atoms with Crippen molar-refractivity contribution in [1.82, 2.24) is 10.6 Å². The Labute approximate surface area is 182 Å². The third kappa shape index (κ3) is 5.61. The number of urea groups is 1. The number of amides is 2. The third-order valence-corrected chi connectivity index (χ3v) is 5.42. The summed E-state index contributed by atoms with van der Waals surface area (Å²) in [5, 5.41) is 5.06. The van der Waals surface area contributed by atoms with Crippen LogP contribution in [-0.4, -0.2) is 39.7 Å². The first-order valence-corrected chi connectivity index (χ1v) is 11.3. The van der Waals surface area contributed by atoms with Gasteiger partial charge in [0.1, 0.15) is 30.7 Å². The maximum Gasteiger partial charge on any atom is 0.315 e. The highest BCUT2D eigenvalue weighted by Gasteiger charge is 2.42. The van der Waals surface area contributed by atoms with Crippen LogP contribution in [0.4, 0.5) is 28.0 Å². The lowest BCUT2D eigenvalue weighted by Gasteiger charge is -2.39. The van der Waals surface area contributed by atoms with Gasteiger partial charge in [0.2, 0.25) is 10.0 Å². The largest absolute Gasteiger partial charge is 0.481 e. The lowest BCUT2D eigenvalue weighted by Crippen LogP contribution is -2.50. The van der Waals surface area contributed by atoms with Crippen LogP contribution in [0.15, 0.2) is 36.4 Å². The monoisotopic (exact) mass is 475 g/mol. The van der Waals surface area contributed by atoms with Crippen LogP contribution in [0.25, 0.3) is 0 Å². The molecule has 3 rings (SSSR count). The van der Waals surface area contributed by atoms with Gasteiger partial charge < -0.3 is 15.4 Å². The molecule has 174 valence electrons. The van der Waals surface area contributed by atoms with Gasteiger partial charge in [-0.1, -0.05) is 12.1 Å². The number of ether oxygens (including phenoxy) is 1. The lowest BCUT2D eigenvalue weighted by atomic mass is 9.88. The summed E-state index contributed by atoms with van der Waals surface area (Å²) < 4.78 is 84.5. The number of nitrogens with one attached hydrogen (secondary N) is 3. The van der Waals surface area contributed by atoms with E-state index in [1.165, 1.54) is 18.2 Å². The number of anilines is 1. The van der Waals surface area contributed by atoms with Gasteiger partial charge in [-0.05, 0) is 23.8 Å². The third-order valence-electron chi connectivity index (χ3n) is 4.83. The molecule has 0 fully saturated rings. The van der Waals surface area contributed by atoms with Crippen molar-refractivity contribution >= 4 is 21.7 Å². The minimum atomic E-state index is -3.65. The Morgan fingerprint density at radius 3 is 2.50 bits per heavy atom. The zero-order valence-electron chi connectivity index (χ0n) is 16.9. The molecule has 0 saturated heterocycles. The van der Waals surface area contributed by atoms with E-state index in [0.29, 0.717) is 11.1 Å². The molecule has 3 N–H and O–H groups in total. The number of carbonyl (C=O) groups excluding carboxylic acids is 1. The second-order valence-electron chi connectivity index (χ2n) is 7.51. The standard InChI is InChI=1S/C20H21F4N3O4S/c1-32(29,30)27-16-5-2-12(6-15(16)24)9-25-19(28)26-17-8-20(10-21,11-22)31-18-7-13(23)3-4-14(17)18/h2-7,17,27H,8-11H2,1H3,(H2,25,26,28)/t17-/m1/s1. The Bertz CT molecular complexity index is 1110. The summed E-state index contributed by atoms with van der Waals surface area (Å²) in [6.45, 7) is -2.46. The summed E-state index contributed by atoms with van der Waals surface area (Å²) in [4.78, 5) is 12.4. The highest BCUT2D eigenvalue weighted by Crippen LogP contribution is 2.40. The predicted molar refractivity (Wildman–Crippen MR) is 109 cm³/mol. The van der Waals surface area contributed by atoms with Gasteiger partial charge >= 0.3 is 6.03 Å². The zero-order chi connectivity index (χ0) is 23.5. The number of benzene rings is 2. The van der Waals surface area contributed by atoms with E-state index in [-0.39, 0.29) is 24.4 Å². The second kappa shape index (κ2) is 9.23. The maximum absolute atomic E-state index is 14.1. The molecule has 2 aromatic rings. The topological polar surface area (TPSA) is 96.5 Å². The smallest absolute Gasteiger partial charge is 0.315 e. The number of carbonyl (C=O) groups is 1. The lowest BCUT2D eigenvalue weighted by molar-refractivity contribution is -0.0109. The number of fused-ring (bicyclic) bond motifs is 1. The fourth-order valence-electron chi connectivity index (χ4n) is 3.31. The molecule has 1 heterocycles. The van der Waals surface area contributed by atoms with Gasteiger partial charge in [-0.3, -0.25) is 4.72 Å². The Morgan fingerprint density at radius 2 is 1.88 bits per heavy atom. The van der Waals surface area contributed by atoms with Crippen LogP contribution >= 0.6 is 0 Å². The molecule has 0 radical (unpaired) electrons. The quantitative estimate of drug-likeness (QED) is 0.536. The minimum Gasteiger partial charge on any atom is -0.481 e. The molecular weight excluding hydrogens is 454 g/mol. The molecule has 1 aliphatic heterocycles. The highest BCUT2D eigenvalue weighted by atomic mass is 32.2. The molecule has 0 aliphatic carbocycles. The molecule has 32 heavy (non-hydrogen) atoms. The van der Waals surface area contributed by atoms with Crippen molar-refractivity contribution in [2.45, 2.75) is 24.6 Å². The molecule has 1 atom stereocenters. The zero-order valence-corrected chi connectivity index (χ0v) is 17.7.